The Morgan fingerprint density at radius 3 is 2.29 bits per heavy atom. The van der Waals surface area contributed by atoms with Crippen LogP contribution in [-0.4, -0.2) is 23.5 Å². The molecule has 3 nitrogen and oxygen atoms in total. The van der Waals surface area contributed by atoms with E-state index in [9.17, 15) is 0 Å². The molecule has 1 unspecified atom stereocenters. The average molecular weight is 489 g/mol. The fourth-order valence-electron chi connectivity index (χ4n) is 4.79. The molecule has 3 heterocycles. The lowest BCUT2D eigenvalue weighted by atomic mass is 10.0. The van der Waals surface area contributed by atoms with E-state index in [1.807, 2.05) is 18.5 Å². The molecule has 1 aliphatic rings. The van der Waals surface area contributed by atoms with E-state index in [0.29, 0.717) is 6.04 Å². The van der Waals surface area contributed by atoms with Crippen molar-refractivity contribution in [1.82, 2.24) is 9.88 Å². The predicted octanol–water partition coefficient (Wildman–Crippen LogP) is 3.28. The lowest BCUT2D eigenvalue weighted by Crippen LogP contribution is -3.00. The molecule has 172 valence electrons. The predicted molar refractivity (Wildman–Crippen MR) is 125 cm³/mol. The van der Waals surface area contributed by atoms with Gasteiger partial charge in [0.25, 0.3) is 0 Å². The topological polar surface area (TPSA) is 20.0 Å². The van der Waals surface area contributed by atoms with Crippen molar-refractivity contribution in [3.8, 4) is 0 Å². The van der Waals surface area contributed by atoms with E-state index in [2.05, 4.69) is 52.1 Å². The van der Waals surface area contributed by atoms with Gasteiger partial charge in [-0.2, -0.15) is 0 Å². The Kier molecular flexibility index (Phi) is 13.0. The van der Waals surface area contributed by atoms with Crippen molar-refractivity contribution in [2.45, 2.75) is 96.1 Å². The van der Waals surface area contributed by atoms with Crippen molar-refractivity contribution >= 4 is 0 Å². The van der Waals surface area contributed by atoms with Gasteiger partial charge in [0, 0.05) is 36.5 Å². The molecule has 0 aromatic carbocycles. The molecule has 1 fully saturated rings. The Labute approximate surface area is 201 Å². The van der Waals surface area contributed by atoms with E-state index in [0.717, 1.165) is 0 Å². The molecule has 0 amide bonds. The second-order valence-corrected chi connectivity index (χ2v) is 9.16. The smallest absolute Gasteiger partial charge is 0.173 e. The minimum absolute atomic E-state index is 0. The van der Waals surface area contributed by atoms with Gasteiger partial charge in [0.1, 0.15) is 6.54 Å². The van der Waals surface area contributed by atoms with Crippen LogP contribution in [-0.2, 0) is 13.0 Å². The van der Waals surface area contributed by atoms with Gasteiger partial charge in [-0.3, -0.25) is 9.88 Å². The fourth-order valence-corrected chi connectivity index (χ4v) is 4.79. The second kappa shape index (κ2) is 15.5. The number of hydrogen-bond donors (Lipinski definition) is 0. The number of halogens is 1. The van der Waals surface area contributed by atoms with Crippen molar-refractivity contribution in [1.29, 1.82) is 0 Å². The summed E-state index contributed by atoms with van der Waals surface area (Å²) < 4.78 is 2.41. The van der Waals surface area contributed by atoms with Gasteiger partial charge in [-0.25, -0.2) is 4.57 Å². The third-order valence-corrected chi connectivity index (χ3v) is 6.64. The van der Waals surface area contributed by atoms with E-state index >= 15 is 0 Å². The number of hydrogen-bond acceptors (Lipinski definition) is 2. The Morgan fingerprint density at radius 1 is 0.935 bits per heavy atom. The first kappa shape index (κ1) is 26.0. The summed E-state index contributed by atoms with van der Waals surface area (Å²) in [4.78, 5) is 6.69. The molecule has 3 rings (SSSR count). The molecule has 4 heteroatoms. The Hall–Kier alpha value is -1.26. The van der Waals surface area contributed by atoms with Crippen LogP contribution in [0.15, 0.2) is 49.1 Å². The van der Waals surface area contributed by atoms with Crippen LogP contribution in [0.4, 0.5) is 0 Å². The molecular formula is C27H42BrN3. The number of aromatic nitrogens is 2. The SMILES string of the molecule is CN1CCCC1c1ccc[n+](CCCCCCCCCCCCc2cccnc2)c1.[Br-]. The van der Waals surface area contributed by atoms with Crippen molar-refractivity contribution in [3.05, 3.63) is 60.2 Å². The summed E-state index contributed by atoms with van der Waals surface area (Å²) in [7, 11) is 2.26. The zero-order chi connectivity index (χ0) is 20.9. The minimum atomic E-state index is 0. The molecule has 0 spiro atoms. The van der Waals surface area contributed by atoms with Gasteiger partial charge in [-0.05, 0) is 63.4 Å². The van der Waals surface area contributed by atoms with Crippen LogP contribution in [0, 0.1) is 0 Å². The number of likely N-dealkylation sites (tertiary alicyclic amines) is 1. The van der Waals surface area contributed by atoms with Crippen molar-refractivity contribution in [3.63, 3.8) is 0 Å². The molecule has 1 saturated heterocycles. The maximum atomic E-state index is 4.19. The van der Waals surface area contributed by atoms with Crippen LogP contribution in [0.3, 0.4) is 0 Å². The zero-order valence-corrected chi connectivity index (χ0v) is 21.1. The molecule has 2 aromatic rings. The average Bonchev–Trinajstić information content (AvgIpc) is 3.21. The monoisotopic (exact) mass is 487 g/mol. The quantitative estimate of drug-likeness (QED) is 0.301. The van der Waals surface area contributed by atoms with Crippen LogP contribution in [0.25, 0.3) is 0 Å². The van der Waals surface area contributed by atoms with Crippen LogP contribution >= 0.6 is 0 Å². The lowest BCUT2D eigenvalue weighted by molar-refractivity contribution is -0.697. The van der Waals surface area contributed by atoms with Gasteiger partial charge in [0.15, 0.2) is 12.4 Å². The molecule has 1 atom stereocenters. The molecule has 0 N–H and O–H groups in total. The number of aryl methyl sites for hydroxylation is 2. The largest absolute Gasteiger partial charge is 1.00 e. The normalized spacial score (nSPS) is 16.4. The molecule has 0 aliphatic carbocycles. The third-order valence-electron chi connectivity index (χ3n) is 6.64. The second-order valence-electron chi connectivity index (χ2n) is 9.16. The Morgan fingerprint density at radius 2 is 1.65 bits per heavy atom. The molecule has 31 heavy (non-hydrogen) atoms. The number of unbranched alkanes of at least 4 members (excludes halogenated alkanes) is 9. The standard InChI is InChI=1S/C27H42N3.BrH/c1-29-20-14-18-27(29)26-17-13-22-30(24-26)21-11-9-7-5-3-2-4-6-8-10-15-25-16-12-19-28-23-25;/h12-13,16-17,19,22-24,27H,2-11,14-15,18,20-21H2,1H3;1H/q+1;/p-1. The van der Waals surface area contributed by atoms with Gasteiger partial charge >= 0.3 is 0 Å². The van der Waals surface area contributed by atoms with Gasteiger partial charge < -0.3 is 17.0 Å². The summed E-state index contributed by atoms with van der Waals surface area (Å²) in [5, 5.41) is 0. The molecule has 0 radical (unpaired) electrons. The van der Waals surface area contributed by atoms with Crippen molar-refractivity contribution in [2.75, 3.05) is 13.6 Å². The van der Waals surface area contributed by atoms with E-state index in [-0.39, 0.29) is 17.0 Å². The summed E-state index contributed by atoms with van der Waals surface area (Å²) in [6.45, 7) is 2.41. The molecule has 2 aromatic heterocycles. The third kappa shape index (κ3) is 9.82. The summed E-state index contributed by atoms with van der Waals surface area (Å²) in [6.07, 6.45) is 26.1. The molecule has 0 saturated carbocycles. The number of nitrogens with zero attached hydrogens (tertiary/aromatic N) is 3. The summed E-state index contributed by atoms with van der Waals surface area (Å²) >= 11 is 0. The van der Waals surface area contributed by atoms with Crippen molar-refractivity contribution < 1.29 is 21.5 Å². The highest BCUT2D eigenvalue weighted by Gasteiger charge is 2.24. The van der Waals surface area contributed by atoms with Gasteiger partial charge in [-0.15, -0.1) is 0 Å². The number of pyridine rings is 2. The first-order chi connectivity index (χ1) is 14.8. The van der Waals surface area contributed by atoms with E-state index in [1.165, 1.54) is 108 Å². The van der Waals surface area contributed by atoms with Crippen LogP contribution in [0.5, 0.6) is 0 Å². The Bertz CT molecular complexity index is 707. The highest BCUT2D eigenvalue weighted by molar-refractivity contribution is 5.12. The first-order valence-corrected chi connectivity index (χ1v) is 12.4. The zero-order valence-electron chi connectivity index (χ0n) is 19.5. The molecule has 0 bridgehead atoms. The van der Waals surface area contributed by atoms with Crippen LogP contribution in [0.2, 0.25) is 0 Å². The number of rotatable bonds is 14. The highest BCUT2D eigenvalue weighted by atomic mass is 79.9. The van der Waals surface area contributed by atoms with E-state index in [4.69, 9.17) is 0 Å². The van der Waals surface area contributed by atoms with E-state index < -0.39 is 0 Å². The van der Waals surface area contributed by atoms with E-state index in [1.54, 1.807) is 0 Å². The van der Waals surface area contributed by atoms with Gasteiger partial charge in [0.05, 0.1) is 0 Å². The molecule has 1 aliphatic heterocycles. The summed E-state index contributed by atoms with van der Waals surface area (Å²) in [5.41, 5.74) is 2.88. The summed E-state index contributed by atoms with van der Waals surface area (Å²) in [5.74, 6) is 0. The van der Waals surface area contributed by atoms with Crippen LogP contribution < -0.4 is 21.5 Å². The van der Waals surface area contributed by atoms with Crippen molar-refractivity contribution in [2.24, 2.45) is 0 Å². The highest BCUT2D eigenvalue weighted by Crippen LogP contribution is 2.29. The van der Waals surface area contributed by atoms with Gasteiger partial charge in [0.2, 0.25) is 0 Å². The minimum Gasteiger partial charge on any atom is -1.00 e. The van der Waals surface area contributed by atoms with Crippen LogP contribution in [0.1, 0.15) is 94.2 Å². The van der Waals surface area contributed by atoms with Gasteiger partial charge in [-0.1, -0.05) is 51.0 Å². The lowest BCUT2D eigenvalue weighted by Gasteiger charge is -2.18. The maximum Gasteiger partial charge on any atom is 0.173 e. The maximum absolute atomic E-state index is 4.19. The first-order valence-electron chi connectivity index (χ1n) is 12.4. The fraction of sp³-hybridized carbons (Fsp3) is 0.630. The summed E-state index contributed by atoms with van der Waals surface area (Å²) in [6, 6.07) is 9.41. The Balaban J connectivity index is 0.00000341. The molecular weight excluding hydrogens is 446 g/mol.